The third-order valence-corrected chi connectivity index (χ3v) is 3.04. The van der Waals surface area contributed by atoms with E-state index in [-0.39, 0.29) is 5.56 Å². The largest absolute Gasteiger partial charge is 0.497 e. The second kappa shape index (κ2) is 5.61. The summed E-state index contributed by atoms with van der Waals surface area (Å²) >= 11 is 0. The minimum Gasteiger partial charge on any atom is -0.497 e. The normalized spacial score (nSPS) is 10.2. The average molecular weight is 273 g/mol. The van der Waals surface area contributed by atoms with E-state index in [0.29, 0.717) is 28.3 Å². The Kier molecular flexibility index (Phi) is 3.89. The summed E-state index contributed by atoms with van der Waals surface area (Å²) in [5.41, 5.74) is 1.84. The van der Waals surface area contributed by atoms with Crippen LogP contribution in [0.3, 0.4) is 0 Å². The van der Waals surface area contributed by atoms with E-state index in [2.05, 4.69) is 4.98 Å². The molecule has 0 atom stereocenters. The monoisotopic (exact) mass is 273 g/mol. The number of carboxylic acids is 1. The highest BCUT2D eigenvalue weighted by atomic mass is 16.5. The zero-order valence-corrected chi connectivity index (χ0v) is 11.5. The summed E-state index contributed by atoms with van der Waals surface area (Å²) < 4.78 is 10.4. The maximum absolute atomic E-state index is 11.4. The van der Waals surface area contributed by atoms with Crippen molar-refractivity contribution in [3.63, 3.8) is 0 Å². The van der Waals surface area contributed by atoms with Gasteiger partial charge in [0.1, 0.15) is 11.5 Å². The summed E-state index contributed by atoms with van der Waals surface area (Å²) in [7, 11) is 3.08. The lowest BCUT2D eigenvalue weighted by atomic mass is 10.0. The minimum absolute atomic E-state index is 0.177. The van der Waals surface area contributed by atoms with Gasteiger partial charge in [0, 0.05) is 17.8 Å². The van der Waals surface area contributed by atoms with E-state index in [1.54, 1.807) is 44.5 Å². The molecule has 0 fully saturated rings. The van der Waals surface area contributed by atoms with Crippen LogP contribution in [-0.4, -0.2) is 30.3 Å². The second-order valence-electron chi connectivity index (χ2n) is 4.22. The van der Waals surface area contributed by atoms with Crippen molar-refractivity contribution < 1.29 is 19.4 Å². The highest BCUT2D eigenvalue weighted by Crippen LogP contribution is 2.34. The van der Waals surface area contributed by atoms with Gasteiger partial charge in [0.15, 0.2) is 0 Å². The molecule has 0 amide bonds. The van der Waals surface area contributed by atoms with Gasteiger partial charge in [0.05, 0.1) is 25.5 Å². The molecule has 5 heteroatoms. The van der Waals surface area contributed by atoms with Crippen molar-refractivity contribution >= 4 is 5.97 Å². The zero-order valence-electron chi connectivity index (χ0n) is 11.5. The number of hydrogen-bond acceptors (Lipinski definition) is 4. The van der Waals surface area contributed by atoms with E-state index in [1.807, 2.05) is 0 Å². The summed E-state index contributed by atoms with van der Waals surface area (Å²) in [5, 5.41) is 9.37. The first-order chi connectivity index (χ1) is 9.58. The molecule has 2 rings (SSSR count). The predicted octanol–water partition coefficient (Wildman–Crippen LogP) is 2.77. The lowest BCUT2D eigenvalue weighted by Crippen LogP contribution is -2.05. The number of nitrogens with zero attached hydrogens (tertiary/aromatic N) is 1. The molecule has 5 nitrogen and oxygen atoms in total. The highest BCUT2D eigenvalue weighted by Gasteiger charge is 2.19. The number of methoxy groups -OCH3 is 2. The van der Waals surface area contributed by atoms with E-state index in [1.165, 1.54) is 7.11 Å². The molecule has 0 aliphatic carbocycles. The number of aromatic nitrogens is 1. The fourth-order valence-corrected chi connectivity index (χ4v) is 2.03. The summed E-state index contributed by atoms with van der Waals surface area (Å²) in [6.45, 7) is 1.74. The summed E-state index contributed by atoms with van der Waals surface area (Å²) in [6.07, 6.45) is 1.58. The Balaban J connectivity index is 2.68. The highest BCUT2D eigenvalue weighted by molar-refractivity contribution is 5.97. The van der Waals surface area contributed by atoms with Crippen LogP contribution in [0.2, 0.25) is 0 Å². The number of ether oxygens (including phenoxy) is 2. The number of benzene rings is 1. The molecule has 2 aromatic rings. The van der Waals surface area contributed by atoms with Crippen LogP contribution in [0.4, 0.5) is 0 Å². The molecule has 1 N–H and O–H groups in total. The predicted molar refractivity (Wildman–Crippen MR) is 74.5 cm³/mol. The van der Waals surface area contributed by atoms with Gasteiger partial charge in [0.25, 0.3) is 0 Å². The van der Waals surface area contributed by atoms with Crippen molar-refractivity contribution in [3.8, 4) is 22.8 Å². The van der Waals surface area contributed by atoms with Crippen LogP contribution < -0.4 is 9.47 Å². The molecule has 20 heavy (non-hydrogen) atoms. The van der Waals surface area contributed by atoms with E-state index in [9.17, 15) is 9.90 Å². The van der Waals surface area contributed by atoms with Crippen molar-refractivity contribution in [3.05, 3.63) is 41.6 Å². The van der Waals surface area contributed by atoms with Crippen LogP contribution in [0.25, 0.3) is 11.3 Å². The Morgan fingerprint density at radius 3 is 2.55 bits per heavy atom. The topological polar surface area (TPSA) is 68.7 Å². The van der Waals surface area contributed by atoms with Crippen molar-refractivity contribution in [2.45, 2.75) is 6.92 Å². The van der Waals surface area contributed by atoms with Crippen LogP contribution in [0.1, 0.15) is 15.9 Å². The first kappa shape index (κ1) is 13.9. The standard InChI is InChI=1S/C15H15NO4/c1-9-6-7-16-14(13(9)15(17)18)11-5-4-10(19-2)8-12(11)20-3/h4-8H,1-3H3,(H,17,18). The van der Waals surface area contributed by atoms with Crippen molar-refractivity contribution in [2.24, 2.45) is 0 Å². The van der Waals surface area contributed by atoms with Crippen LogP contribution in [0.5, 0.6) is 11.5 Å². The van der Waals surface area contributed by atoms with Crippen LogP contribution in [0, 0.1) is 6.92 Å². The fraction of sp³-hybridized carbons (Fsp3) is 0.200. The van der Waals surface area contributed by atoms with Gasteiger partial charge in [0.2, 0.25) is 0 Å². The SMILES string of the molecule is COc1ccc(-c2nccc(C)c2C(=O)O)c(OC)c1. The molecular formula is C15H15NO4. The quantitative estimate of drug-likeness (QED) is 0.927. The van der Waals surface area contributed by atoms with E-state index in [4.69, 9.17) is 9.47 Å². The van der Waals surface area contributed by atoms with Gasteiger partial charge in [-0.15, -0.1) is 0 Å². The number of carbonyl (C=O) groups is 1. The Morgan fingerprint density at radius 2 is 1.95 bits per heavy atom. The average Bonchev–Trinajstić information content (AvgIpc) is 2.45. The van der Waals surface area contributed by atoms with Gasteiger partial charge >= 0.3 is 5.97 Å². The summed E-state index contributed by atoms with van der Waals surface area (Å²) in [5.74, 6) is 0.142. The number of pyridine rings is 1. The minimum atomic E-state index is -1.01. The molecule has 104 valence electrons. The van der Waals surface area contributed by atoms with Crippen LogP contribution >= 0.6 is 0 Å². The van der Waals surface area contributed by atoms with Gasteiger partial charge in [-0.1, -0.05) is 0 Å². The van der Waals surface area contributed by atoms with Crippen LogP contribution in [0.15, 0.2) is 30.5 Å². The number of aryl methyl sites for hydroxylation is 1. The first-order valence-corrected chi connectivity index (χ1v) is 5.99. The Labute approximate surface area is 116 Å². The Hall–Kier alpha value is -2.56. The van der Waals surface area contributed by atoms with Gasteiger partial charge in [-0.05, 0) is 30.7 Å². The Morgan fingerprint density at radius 1 is 1.20 bits per heavy atom. The molecule has 0 saturated carbocycles. The van der Waals surface area contributed by atoms with Crippen LogP contribution in [-0.2, 0) is 0 Å². The molecule has 0 bridgehead atoms. The molecule has 1 aromatic heterocycles. The van der Waals surface area contributed by atoms with Gasteiger partial charge in [-0.25, -0.2) is 4.79 Å². The third kappa shape index (κ3) is 2.42. The summed E-state index contributed by atoms with van der Waals surface area (Å²) in [4.78, 5) is 15.6. The second-order valence-corrected chi connectivity index (χ2v) is 4.22. The lowest BCUT2D eigenvalue weighted by Gasteiger charge is -2.12. The maximum atomic E-state index is 11.4. The van der Waals surface area contributed by atoms with Crippen molar-refractivity contribution in [1.82, 2.24) is 4.98 Å². The van der Waals surface area contributed by atoms with Crippen molar-refractivity contribution in [2.75, 3.05) is 14.2 Å². The molecule has 0 radical (unpaired) electrons. The smallest absolute Gasteiger partial charge is 0.338 e. The summed E-state index contributed by atoms with van der Waals surface area (Å²) in [6, 6.07) is 6.85. The van der Waals surface area contributed by atoms with Crippen molar-refractivity contribution in [1.29, 1.82) is 0 Å². The number of carboxylic acid groups (broad SMARTS) is 1. The molecule has 0 aliphatic rings. The molecule has 1 heterocycles. The molecule has 1 aromatic carbocycles. The van der Waals surface area contributed by atoms with Gasteiger partial charge < -0.3 is 14.6 Å². The van der Waals surface area contributed by atoms with E-state index >= 15 is 0 Å². The first-order valence-electron chi connectivity index (χ1n) is 5.99. The number of rotatable bonds is 4. The van der Waals surface area contributed by atoms with E-state index in [0.717, 1.165) is 0 Å². The third-order valence-electron chi connectivity index (χ3n) is 3.04. The maximum Gasteiger partial charge on any atom is 0.338 e. The van der Waals surface area contributed by atoms with Gasteiger partial charge in [-0.3, -0.25) is 4.98 Å². The van der Waals surface area contributed by atoms with E-state index < -0.39 is 5.97 Å². The zero-order chi connectivity index (χ0) is 14.7. The number of aromatic carboxylic acids is 1. The molecule has 0 spiro atoms. The fourth-order valence-electron chi connectivity index (χ4n) is 2.03. The molecule has 0 aliphatic heterocycles. The Bertz CT molecular complexity index is 652. The molecule has 0 saturated heterocycles. The lowest BCUT2D eigenvalue weighted by molar-refractivity contribution is 0.0696. The number of hydrogen-bond donors (Lipinski definition) is 1. The molecule has 0 unspecified atom stereocenters. The van der Waals surface area contributed by atoms with Gasteiger partial charge in [-0.2, -0.15) is 0 Å². The molecular weight excluding hydrogens is 258 g/mol.